The van der Waals surface area contributed by atoms with Gasteiger partial charge in [-0.25, -0.2) is 4.98 Å². The predicted octanol–water partition coefficient (Wildman–Crippen LogP) is 2.50. The lowest BCUT2D eigenvalue weighted by molar-refractivity contribution is -0.274. The third kappa shape index (κ3) is 5.81. The second kappa shape index (κ2) is 7.36. The van der Waals surface area contributed by atoms with E-state index in [1.54, 1.807) is 6.92 Å². The van der Waals surface area contributed by atoms with Crippen LogP contribution >= 0.6 is 11.8 Å². The Hall–Kier alpha value is -2.23. The van der Waals surface area contributed by atoms with Crippen LogP contribution in [0.25, 0.3) is 0 Å². The van der Waals surface area contributed by atoms with Crippen LogP contribution in [0.5, 0.6) is 5.75 Å². The highest BCUT2D eigenvalue weighted by molar-refractivity contribution is 8.00. The van der Waals surface area contributed by atoms with Crippen molar-refractivity contribution in [1.82, 2.24) is 20.5 Å². The van der Waals surface area contributed by atoms with Gasteiger partial charge in [-0.05, 0) is 24.6 Å². The molecule has 10 heteroatoms. The number of amides is 1. The summed E-state index contributed by atoms with van der Waals surface area (Å²) in [4.78, 5) is 15.8. The molecule has 1 atom stereocenters. The molecule has 2 N–H and O–H groups in total. The molecule has 124 valence electrons. The van der Waals surface area contributed by atoms with Gasteiger partial charge in [0.05, 0.1) is 5.25 Å². The number of H-pyrrole nitrogens is 1. The summed E-state index contributed by atoms with van der Waals surface area (Å²) in [5.41, 5.74) is 0.657. The van der Waals surface area contributed by atoms with Crippen LogP contribution in [0.1, 0.15) is 12.5 Å². The van der Waals surface area contributed by atoms with Crippen molar-refractivity contribution in [2.75, 3.05) is 0 Å². The van der Waals surface area contributed by atoms with E-state index in [0.29, 0.717) is 10.7 Å². The molecule has 1 aromatic carbocycles. The van der Waals surface area contributed by atoms with Crippen molar-refractivity contribution in [3.05, 3.63) is 36.2 Å². The normalized spacial score (nSPS) is 12.7. The number of aromatic amines is 1. The molecular formula is C13H13F3N4O2S. The van der Waals surface area contributed by atoms with Crippen LogP contribution < -0.4 is 10.1 Å². The molecule has 0 saturated carbocycles. The maximum Gasteiger partial charge on any atom is 0.573 e. The summed E-state index contributed by atoms with van der Waals surface area (Å²) in [6, 6.07) is 5.30. The third-order valence-electron chi connectivity index (χ3n) is 2.67. The molecule has 0 aliphatic rings. The number of hydrogen-bond acceptors (Lipinski definition) is 5. The Morgan fingerprint density at radius 2 is 2.09 bits per heavy atom. The molecule has 0 bridgehead atoms. The summed E-state index contributed by atoms with van der Waals surface area (Å²) < 4.78 is 39.9. The number of nitrogens with zero attached hydrogens (tertiary/aromatic N) is 2. The van der Waals surface area contributed by atoms with Crippen LogP contribution in [0.3, 0.4) is 0 Å². The maximum absolute atomic E-state index is 12.0. The fourth-order valence-electron chi connectivity index (χ4n) is 1.61. The van der Waals surface area contributed by atoms with E-state index in [1.807, 2.05) is 0 Å². The predicted molar refractivity (Wildman–Crippen MR) is 76.7 cm³/mol. The zero-order valence-corrected chi connectivity index (χ0v) is 12.7. The zero-order chi connectivity index (χ0) is 16.9. The molecular weight excluding hydrogens is 333 g/mol. The average Bonchev–Trinajstić information content (AvgIpc) is 2.97. The van der Waals surface area contributed by atoms with Crippen LogP contribution in [0.2, 0.25) is 0 Å². The van der Waals surface area contributed by atoms with Gasteiger partial charge in [0.25, 0.3) is 0 Å². The first kappa shape index (κ1) is 17.1. The topological polar surface area (TPSA) is 79.9 Å². The van der Waals surface area contributed by atoms with E-state index < -0.39 is 11.6 Å². The molecule has 1 amide bonds. The Labute approximate surface area is 133 Å². The molecule has 6 nitrogen and oxygen atoms in total. The minimum atomic E-state index is -4.72. The van der Waals surface area contributed by atoms with Gasteiger partial charge in [-0.2, -0.15) is 5.10 Å². The first-order chi connectivity index (χ1) is 10.8. The van der Waals surface area contributed by atoms with E-state index in [9.17, 15) is 18.0 Å². The van der Waals surface area contributed by atoms with E-state index in [-0.39, 0.29) is 18.2 Å². The molecule has 2 aromatic rings. The Kier molecular flexibility index (Phi) is 5.48. The van der Waals surface area contributed by atoms with Crippen molar-refractivity contribution in [2.45, 2.75) is 30.2 Å². The molecule has 1 unspecified atom stereocenters. The highest BCUT2D eigenvalue weighted by Crippen LogP contribution is 2.23. The highest BCUT2D eigenvalue weighted by Gasteiger charge is 2.30. The summed E-state index contributed by atoms with van der Waals surface area (Å²) in [5.74, 6) is -0.524. The summed E-state index contributed by atoms with van der Waals surface area (Å²) in [6.45, 7) is 1.91. The minimum Gasteiger partial charge on any atom is -0.406 e. The second-order valence-corrected chi connectivity index (χ2v) is 5.79. The van der Waals surface area contributed by atoms with Crippen molar-refractivity contribution in [1.29, 1.82) is 0 Å². The number of carbonyl (C=O) groups is 1. The van der Waals surface area contributed by atoms with Crippen LogP contribution in [0.4, 0.5) is 13.2 Å². The number of benzene rings is 1. The Morgan fingerprint density at radius 1 is 1.39 bits per heavy atom. The molecule has 2 rings (SSSR count). The average molecular weight is 346 g/mol. The first-order valence-electron chi connectivity index (χ1n) is 6.48. The van der Waals surface area contributed by atoms with E-state index in [1.165, 1.54) is 42.4 Å². The van der Waals surface area contributed by atoms with Gasteiger partial charge >= 0.3 is 6.36 Å². The number of ether oxygens (including phenoxy) is 1. The number of alkyl halides is 3. The standard InChI is InChI=1S/C13H13F3N4O2S/c1-8(23-12-18-7-19-20-12)11(21)17-6-9-2-4-10(5-3-9)22-13(14,15)16/h2-5,7-8H,6H2,1H3,(H,17,21)(H,18,19,20). The van der Waals surface area contributed by atoms with Crippen LogP contribution in [-0.4, -0.2) is 32.7 Å². The van der Waals surface area contributed by atoms with Gasteiger partial charge < -0.3 is 10.1 Å². The van der Waals surface area contributed by atoms with Gasteiger partial charge in [0, 0.05) is 6.54 Å². The summed E-state index contributed by atoms with van der Waals surface area (Å²) in [6.07, 6.45) is -3.37. The van der Waals surface area contributed by atoms with Crippen molar-refractivity contribution in [3.63, 3.8) is 0 Å². The molecule has 23 heavy (non-hydrogen) atoms. The number of rotatable bonds is 6. The number of hydrogen-bond donors (Lipinski definition) is 2. The van der Waals surface area contributed by atoms with Gasteiger partial charge in [0.2, 0.25) is 5.91 Å². The highest BCUT2D eigenvalue weighted by atomic mass is 32.2. The van der Waals surface area contributed by atoms with E-state index in [0.717, 1.165) is 0 Å². The number of aromatic nitrogens is 3. The van der Waals surface area contributed by atoms with E-state index in [4.69, 9.17) is 0 Å². The third-order valence-corrected chi connectivity index (χ3v) is 3.66. The molecule has 0 fully saturated rings. The molecule has 0 spiro atoms. The smallest absolute Gasteiger partial charge is 0.406 e. The zero-order valence-electron chi connectivity index (χ0n) is 11.9. The first-order valence-corrected chi connectivity index (χ1v) is 7.36. The fraction of sp³-hybridized carbons (Fsp3) is 0.308. The summed E-state index contributed by atoms with van der Waals surface area (Å²) >= 11 is 1.22. The molecule has 1 aromatic heterocycles. The van der Waals surface area contributed by atoms with Crippen molar-refractivity contribution in [3.8, 4) is 5.75 Å². The number of carbonyl (C=O) groups excluding carboxylic acids is 1. The monoisotopic (exact) mass is 346 g/mol. The van der Waals surface area contributed by atoms with Crippen molar-refractivity contribution < 1.29 is 22.7 Å². The van der Waals surface area contributed by atoms with Crippen LogP contribution in [0.15, 0.2) is 35.7 Å². The molecule has 0 radical (unpaired) electrons. The Balaban J connectivity index is 1.82. The molecule has 0 aliphatic heterocycles. The second-order valence-electron chi connectivity index (χ2n) is 4.46. The molecule has 1 heterocycles. The molecule has 0 aliphatic carbocycles. The van der Waals surface area contributed by atoms with Gasteiger partial charge in [0.1, 0.15) is 12.1 Å². The number of halogens is 3. The quantitative estimate of drug-likeness (QED) is 0.786. The van der Waals surface area contributed by atoms with Crippen LogP contribution in [0, 0.1) is 0 Å². The number of thioether (sulfide) groups is 1. The Morgan fingerprint density at radius 3 is 2.65 bits per heavy atom. The SMILES string of the molecule is CC(Sc1ncn[nH]1)C(=O)NCc1ccc(OC(F)(F)F)cc1. The van der Waals surface area contributed by atoms with Crippen molar-refractivity contribution in [2.24, 2.45) is 0 Å². The van der Waals surface area contributed by atoms with Gasteiger partial charge in [0.15, 0.2) is 5.16 Å². The van der Waals surface area contributed by atoms with Crippen molar-refractivity contribution >= 4 is 17.7 Å². The fourth-order valence-corrected chi connectivity index (χ4v) is 2.35. The van der Waals surface area contributed by atoms with Gasteiger partial charge in [-0.15, -0.1) is 13.2 Å². The van der Waals surface area contributed by atoms with Gasteiger partial charge in [-0.1, -0.05) is 23.9 Å². The summed E-state index contributed by atoms with van der Waals surface area (Å²) in [7, 11) is 0. The van der Waals surface area contributed by atoms with E-state index >= 15 is 0 Å². The van der Waals surface area contributed by atoms with Crippen LogP contribution in [-0.2, 0) is 11.3 Å². The lowest BCUT2D eigenvalue weighted by atomic mass is 10.2. The van der Waals surface area contributed by atoms with E-state index in [2.05, 4.69) is 25.2 Å². The van der Waals surface area contributed by atoms with Gasteiger partial charge in [-0.3, -0.25) is 9.89 Å². The Bertz CT molecular complexity index is 632. The summed E-state index contributed by atoms with van der Waals surface area (Å²) in [5, 5.41) is 9.15. The number of nitrogens with one attached hydrogen (secondary N) is 2. The molecule has 0 saturated heterocycles. The maximum atomic E-state index is 12.0. The lowest BCUT2D eigenvalue weighted by Crippen LogP contribution is -2.30. The lowest BCUT2D eigenvalue weighted by Gasteiger charge is -2.11. The minimum absolute atomic E-state index is 0.201. The largest absolute Gasteiger partial charge is 0.573 e.